The number of anilines is 1. The van der Waals surface area contributed by atoms with E-state index in [1.165, 1.54) is 4.88 Å². The Hall–Kier alpha value is -1.16. The third-order valence-corrected chi connectivity index (χ3v) is 2.70. The van der Waals surface area contributed by atoms with Crippen LogP contribution in [0, 0.1) is 13.8 Å². The Bertz CT molecular complexity index is 433. The molecule has 0 unspecified atom stereocenters. The lowest BCUT2D eigenvalue weighted by Gasteiger charge is -1.95. The maximum absolute atomic E-state index is 5.73. The number of rotatable bonds is 0. The van der Waals surface area contributed by atoms with Crippen LogP contribution in [0.2, 0.25) is 0 Å². The maximum atomic E-state index is 5.73. The molecule has 2 rings (SSSR count). The molecule has 0 spiro atoms. The number of nitrogens with two attached hydrogens (primary N) is 1. The summed E-state index contributed by atoms with van der Waals surface area (Å²) in [7, 11) is 0. The average molecular weight is 179 g/mol. The van der Waals surface area contributed by atoms with Crippen molar-refractivity contribution in [2.75, 3.05) is 5.73 Å². The lowest BCUT2D eigenvalue weighted by molar-refractivity contribution is 1.10. The molecule has 0 fully saturated rings. The second kappa shape index (κ2) is 2.42. The van der Waals surface area contributed by atoms with Crippen molar-refractivity contribution in [3.63, 3.8) is 0 Å². The minimum absolute atomic E-state index is 0.593. The van der Waals surface area contributed by atoms with Crippen LogP contribution >= 0.6 is 11.3 Å². The summed E-state index contributed by atoms with van der Waals surface area (Å²) in [5.74, 6) is 1.33. The van der Waals surface area contributed by atoms with E-state index >= 15 is 0 Å². The molecule has 0 bridgehead atoms. The standard InChI is InChI=1S/C8H9N3S/c1-4-3-6-7(12-4)8(9)11-5(2)10-6/h3H,1-2H3,(H2,9,10,11). The summed E-state index contributed by atoms with van der Waals surface area (Å²) < 4.78 is 0.998. The molecule has 4 heteroatoms. The van der Waals surface area contributed by atoms with Gasteiger partial charge in [0.15, 0.2) is 0 Å². The van der Waals surface area contributed by atoms with Crippen molar-refractivity contribution >= 4 is 27.4 Å². The van der Waals surface area contributed by atoms with E-state index in [1.54, 1.807) is 11.3 Å². The lowest BCUT2D eigenvalue weighted by Crippen LogP contribution is -1.94. The van der Waals surface area contributed by atoms with Crippen LogP contribution in [-0.2, 0) is 0 Å². The molecule has 2 heterocycles. The first-order valence-corrected chi connectivity index (χ1v) is 4.49. The van der Waals surface area contributed by atoms with Crippen LogP contribution in [0.1, 0.15) is 10.7 Å². The Labute approximate surface area is 74.3 Å². The van der Waals surface area contributed by atoms with E-state index in [2.05, 4.69) is 9.97 Å². The molecule has 2 aromatic heterocycles. The van der Waals surface area contributed by atoms with Gasteiger partial charge in [-0.05, 0) is 19.9 Å². The maximum Gasteiger partial charge on any atom is 0.145 e. The lowest BCUT2D eigenvalue weighted by atomic mass is 10.4. The monoisotopic (exact) mass is 179 g/mol. The Kier molecular flexibility index (Phi) is 1.51. The van der Waals surface area contributed by atoms with Gasteiger partial charge >= 0.3 is 0 Å². The van der Waals surface area contributed by atoms with Crippen LogP contribution < -0.4 is 5.73 Å². The minimum Gasteiger partial charge on any atom is -0.382 e. The van der Waals surface area contributed by atoms with Gasteiger partial charge in [-0.2, -0.15) is 0 Å². The third-order valence-electron chi connectivity index (χ3n) is 1.63. The molecule has 12 heavy (non-hydrogen) atoms. The normalized spacial score (nSPS) is 10.8. The molecule has 0 amide bonds. The molecule has 0 saturated heterocycles. The van der Waals surface area contributed by atoms with E-state index in [0.29, 0.717) is 5.82 Å². The van der Waals surface area contributed by atoms with E-state index < -0.39 is 0 Å². The molecule has 0 radical (unpaired) electrons. The van der Waals surface area contributed by atoms with E-state index in [1.807, 2.05) is 19.9 Å². The first-order valence-electron chi connectivity index (χ1n) is 3.67. The fraction of sp³-hybridized carbons (Fsp3) is 0.250. The first kappa shape index (κ1) is 7.49. The number of aryl methyl sites for hydroxylation is 2. The zero-order valence-corrected chi connectivity index (χ0v) is 7.77. The van der Waals surface area contributed by atoms with Crippen LogP contribution in [-0.4, -0.2) is 9.97 Å². The average Bonchev–Trinajstić information content (AvgIpc) is 2.29. The smallest absolute Gasteiger partial charge is 0.145 e. The molecular formula is C8H9N3S. The topological polar surface area (TPSA) is 51.8 Å². The molecular weight excluding hydrogens is 170 g/mol. The van der Waals surface area contributed by atoms with Crippen LogP contribution in [0.3, 0.4) is 0 Å². The van der Waals surface area contributed by atoms with Crippen LogP contribution in [0.25, 0.3) is 10.2 Å². The first-order chi connectivity index (χ1) is 5.66. The van der Waals surface area contributed by atoms with Crippen molar-refractivity contribution in [1.82, 2.24) is 9.97 Å². The van der Waals surface area contributed by atoms with Gasteiger partial charge in [-0.1, -0.05) is 0 Å². The Morgan fingerprint density at radius 2 is 2.08 bits per heavy atom. The van der Waals surface area contributed by atoms with E-state index in [-0.39, 0.29) is 0 Å². The van der Waals surface area contributed by atoms with Gasteiger partial charge in [-0.25, -0.2) is 9.97 Å². The molecule has 0 aliphatic carbocycles. The van der Waals surface area contributed by atoms with Crippen LogP contribution in [0.15, 0.2) is 6.07 Å². The SMILES string of the molecule is Cc1nc(N)c2sc(C)cc2n1. The molecule has 0 aliphatic rings. The highest BCUT2D eigenvalue weighted by Gasteiger charge is 2.04. The summed E-state index contributed by atoms with van der Waals surface area (Å²) in [6.07, 6.45) is 0. The minimum atomic E-state index is 0.593. The predicted octanol–water partition coefficient (Wildman–Crippen LogP) is 1.89. The van der Waals surface area contributed by atoms with E-state index in [9.17, 15) is 0 Å². The largest absolute Gasteiger partial charge is 0.382 e. The number of hydrogen-bond acceptors (Lipinski definition) is 4. The number of aromatic nitrogens is 2. The zero-order chi connectivity index (χ0) is 8.72. The van der Waals surface area contributed by atoms with Crippen molar-refractivity contribution in [2.45, 2.75) is 13.8 Å². The third kappa shape index (κ3) is 1.04. The summed E-state index contributed by atoms with van der Waals surface area (Å²) in [5, 5.41) is 0. The Morgan fingerprint density at radius 1 is 1.33 bits per heavy atom. The number of fused-ring (bicyclic) bond motifs is 1. The Balaban J connectivity index is 2.88. The number of hydrogen-bond donors (Lipinski definition) is 1. The molecule has 3 nitrogen and oxygen atoms in total. The molecule has 0 aromatic carbocycles. The van der Waals surface area contributed by atoms with Crippen molar-refractivity contribution in [3.8, 4) is 0 Å². The fourth-order valence-electron chi connectivity index (χ4n) is 1.19. The fourth-order valence-corrected chi connectivity index (χ4v) is 2.04. The molecule has 62 valence electrons. The van der Waals surface area contributed by atoms with E-state index in [4.69, 9.17) is 5.73 Å². The second-order valence-electron chi connectivity index (χ2n) is 2.73. The number of thiophene rings is 1. The summed E-state index contributed by atoms with van der Waals surface area (Å²) in [6.45, 7) is 3.89. The van der Waals surface area contributed by atoms with Gasteiger partial charge in [0.1, 0.15) is 11.6 Å². The summed E-state index contributed by atoms with van der Waals surface area (Å²) in [4.78, 5) is 9.59. The highest BCUT2D eigenvalue weighted by atomic mass is 32.1. The highest BCUT2D eigenvalue weighted by Crippen LogP contribution is 2.27. The summed E-state index contributed by atoms with van der Waals surface area (Å²) in [5.41, 5.74) is 6.69. The van der Waals surface area contributed by atoms with Crippen LogP contribution in [0.4, 0.5) is 5.82 Å². The second-order valence-corrected chi connectivity index (χ2v) is 3.98. The van der Waals surface area contributed by atoms with Gasteiger partial charge in [0.05, 0.1) is 10.2 Å². The predicted molar refractivity (Wildman–Crippen MR) is 51.3 cm³/mol. The quantitative estimate of drug-likeness (QED) is 0.672. The number of nitrogens with zero attached hydrogens (tertiary/aromatic N) is 2. The van der Waals surface area contributed by atoms with E-state index in [0.717, 1.165) is 16.0 Å². The molecule has 2 aromatic rings. The zero-order valence-electron chi connectivity index (χ0n) is 6.96. The van der Waals surface area contributed by atoms with Crippen molar-refractivity contribution in [3.05, 3.63) is 16.8 Å². The van der Waals surface area contributed by atoms with Gasteiger partial charge in [-0.15, -0.1) is 11.3 Å². The number of nitrogen functional groups attached to an aromatic ring is 1. The molecule has 2 N–H and O–H groups in total. The summed E-state index contributed by atoms with van der Waals surface area (Å²) >= 11 is 1.64. The summed E-state index contributed by atoms with van der Waals surface area (Å²) in [6, 6.07) is 2.03. The highest BCUT2D eigenvalue weighted by molar-refractivity contribution is 7.19. The van der Waals surface area contributed by atoms with Crippen molar-refractivity contribution < 1.29 is 0 Å². The molecule has 0 atom stereocenters. The molecule has 0 aliphatic heterocycles. The van der Waals surface area contributed by atoms with Gasteiger partial charge in [0, 0.05) is 4.88 Å². The Morgan fingerprint density at radius 3 is 2.83 bits per heavy atom. The van der Waals surface area contributed by atoms with Crippen LogP contribution in [0.5, 0.6) is 0 Å². The van der Waals surface area contributed by atoms with Gasteiger partial charge < -0.3 is 5.73 Å². The van der Waals surface area contributed by atoms with Crippen molar-refractivity contribution in [2.24, 2.45) is 0 Å². The molecule has 0 saturated carbocycles. The van der Waals surface area contributed by atoms with Gasteiger partial charge in [-0.3, -0.25) is 0 Å². The van der Waals surface area contributed by atoms with Gasteiger partial charge in [0.2, 0.25) is 0 Å². The van der Waals surface area contributed by atoms with Crippen molar-refractivity contribution in [1.29, 1.82) is 0 Å². The van der Waals surface area contributed by atoms with Gasteiger partial charge in [0.25, 0.3) is 0 Å².